The normalized spacial score (nSPS) is 11.2. The van der Waals surface area contributed by atoms with Gasteiger partial charge in [0.25, 0.3) is 5.91 Å². The maximum absolute atomic E-state index is 12.5. The summed E-state index contributed by atoms with van der Waals surface area (Å²) in [6.07, 6.45) is 2.55. The number of carbonyl (C=O) groups excluding carboxylic acids is 1. The zero-order valence-electron chi connectivity index (χ0n) is 13.4. The first-order chi connectivity index (χ1) is 11.7. The number of aromatic nitrogens is 3. The molecule has 0 radical (unpaired) electrons. The average Bonchev–Trinajstić information content (AvgIpc) is 3.16. The van der Waals surface area contributed by atoms with Gasteiger partial charge in [0, 0.05) is 37.1 Å². The van der Waals surface area contributed by atoms with E-state index < -0.39 is 0 Å². The lowest BCUT2D eigenvalue weighted by molar-refractivity contribution is 0.0955. The monoisotopic (exact) mass is 318 g/mol. The summed E-state index contributed by atoms with van der Waals surface area (Å²) in [5.74, 6) is 0.831. The average molecular weight is 318 g/mol. The number of benzene rings is 2. The second kappa shape index (κ2) is 5.85. The Balaban J connectivity index is 1.46. The smallest absolute Gasteiger partial charge is 0.253 e. The summed E-state index contributed by atoms with van der Waals surface area (Å²) in [6.45, 7) is 0.544. The highest BCUT2D eigenvalue weighted by molar-refractivity contribution is 6.06. The fraction of sp³-hybridized carbons (Fsp3) is 0.158. The molecular formula is C19H18N4O. The molecule has 0 saturated heterocycles. The van der Waals surface area contributed by atoms with Crippen LogP contribution in [0.4, 0.5) is 0 Å². The number of fused-ring (bicyclic) bond motifs is 2. The lowest BCUT2D eigenvalue weighted by Crippen LogP contribution is -2.25. The van der Waals surface area contributed by atoms with Crippen molar-refractivity contribution in [3.63, 3.8) is 0 Å². The van der Waals surface area contributed by atoms with Crippen molar-refractivity contribution >= 4 is 27.8 Å². The summed E-state index contributed by atoms with van der Waals surface area (Å²) in [7, 11) is 1.95. The second-order valence-corrected chi connectivity index (χ2v) is 5.88. The number of imidazole rings is 1. The van der Waals surface area contributed by atoms with Gasteiger partial charge in [-0.15, -0.1) is 0 Å². The van der Waals surface area contributed by atoms with Crippen LogP contribution in [-0.2, 0) is 13.5 Å². The largest absolute Gasteiger partial charge is 0.352 e. The Morgan fingerprint density at radius 1 is 1.17 bits per heavy atom. The molecule has 2 heterocycles. The third-order valence-corrected chi connectivity index (χ3v) is 4.23. The number of H-pyrrole nitrogens is 1. The van der Waals surface area contributed by atoms with Gasteiger partial charge >= 0.3 is 0 Å². The Morgan fingerprint density at radius 3 is 2.83 bits per heavy atom. The molecule has 2 aromatic heterocycles. The third kappa shape index (κ3) is 2.54. The first-order valence-corrected chi connectivity index (χ1v) is 7.98. The molecule has 4 rings (SSSR count). The van der Waals surface area contributed by atoms with Crippen LogP contribution in [0.3, 0.4) is 0 Å². The van der Waals surface area contributed by atoms with Gasteiger partial charge in [0.05, 0.1) is 16.6 Å². The standard InChI is InChI=1S/C19H18N4O/c1-23-12-14(13-6-2-5-9-17(13)23)19(24)20-11-10-18-21-15-7-3-4-8-16(15)22-18/h2-9,12H,10-11H2,1H3,(H,20,24)(H,21,22). The van der Waals surface area contributed by atoms with E-state index in [0.717, 1.165) is 27.8 Å². The van der Waals surface area contributed by atoms with E-state index in [2.05, 4.69) is 15.3 Å². The molecule has 0 aliphatic heterocycles. The fourth-order valence-electron chi connectivity index (χ4n) is 3.04. The predicted molar refractivity (Wildman–Crippen MR) is 95.0 cm³/mol. The number of aryl methyl sites for hydroxylation is 1. The molecule has 0 unspecified atom stereocenters. The van der Waals surface area contributed by atoms with Crippen molar-refractivity contribution in [2.45, 2.75) is 6.42 Å². The van der Waals surface area contributed by atoms with Crippen LogP contribution in [0.15, 0.2) is 54.7 Å². The molecule has 24 heavy (non-hydrogen) atoms. The molecule has 4 aromatic rings. The van der Waals surface area contributed by atoms with Crippen LogP contribution in [-0.4, -0.2) is 27.0 Å². The van der Waals surface area contributed by atoms with Crippen LogP contribution in [0.25, 0.3) is 21.9 Å². The molecule has 0 bridgehead atoms. The van der Waals surface area contributed by atoms with Crippen LogP contribution < -0.4 is 5.32 Å². The maximum atomic E-state index is 12.5. The molecule has 2 aromatic carbocycles. The van der Waals surface area contributed by atoms with Crippen molar-refractivity contribution in [3.8, 4) is 0 Å². The van der Waals surface area contributed by atoms with E-state index in [4.69, 9.17) is 0 Å². The van der Waals surface area contributed by atoms with Crippen molar-refractivity contribution in [3.05, 3.63) is 66.1 Å². The summed E-state index contributed by atoms with van der Waals surface area (Å²) in [5.41, 5.74) is 3.73. The van der Waals surface area contributed by atoms with E-state index in [1.54, 1.807) is 0 Å². The highest BCUT2D eigenvalue weighted by atomic mass is 16.1. The molecule has 0 spiro atoms. The zero-order valence-corrected chi connectivity index (χ0v) is 13.4. The number of aromatic amines is 1. The lowest BCUT2D eigenvalue weighted by Gasteiger charge is -2.02. The van der Waals surface area contributed by atoms with Crippen molar-refractivity contribution in [2.75, 3.05) is 6.54 Å². The number of hydrogen-bond acceptors (Lipinski definition) is 2. The van der Waals surface area contributed by atoms with Crippen LogP contribution >= 0.6 is 0 Å². The summed E-state index contributed by atoms with van der Waals surface area (Å²) < 4.78 is 1.98. The van der Waals surface area contributed by atoms with Gasteiger partial charge < -0.3 is 14.9 Å². The summed E-state index contributed by atoms with van der Waals surface area (Å²) in [5, 5.41) is 3.96. The van der Waals surface area contributed by atoms with E-state index in [-0.39, 0.29) is 5.91 Å². The molecule has 0 saturated carbocycles. The van der Waals surface area contributed by atoms with Gasteiger partial charge in [-0.25, -0.2) is 4.98 Å². The topological polar surface area (TPSA) is 62.7 Å². The molecule has 120 valence electrons. The number of nitrogens with one attached hydrogen (secondary N) is 2. The van der Waals surface area contributed by atoms with E-state index in [0.29, 0.717) is 18.5 Å². The minimum Gasteiger partial charge on any atom is -0.352 e. The quantitative estimate of drug-likeness (QED) is 0.607. The van der Waals surface area contributed by atoms with Crippen molar-refractivity contribution in [1.29, 1.82) is 0 Å². The number of hydrogen-bond donors (Lipinski definition) is 2. The number of para-hydroxylation sites is 3. The van der Waals surface area contributed by atoms with E-state index in [1.807, 2.05) is 66.3 Å². The fourth-order valence-corrected chi connectivity index (χ4v) is 3.04. The van der Waals surface area contributed by atoms with Gasteiger partial charge in [-0.05, 0) is 18.2 Å². The Hall–Kier alpha value is -3.08. The van der Waals surface area contributed by atoms with Gasteiger partial charge in [-0.3, -0.25) is 4.79 Å². The van der Waals surface area contributed by atoms with E-state index >= 15 is 0 Å². The van der Waals surface area contributed by atoms with Crippen LogP contribution in [0.1, 0.15) is 16.2 Å². The molecule has 2 N–H and O–H groups in total. The highest BCUT2D eigenvalue weighted by Gasteiger charge is 2.13. The number of carbonyl (C=O) groups is 1. The summed E-state index contributed by atoms with van der Waals surface area (Å²) in [6, 6.07) is 15.8. The molecule has 5 nitrogen and oxygen atoms in total. The lowest BCUT2D eigenvalue weighted by atomic mass is 10.1. The Bertz CT molecular complexity index is 995. The Labute approximate surface area is 139 Å². The van der Waals surface area contributed by atoms with Crippen molar-refractivity contribution in [2.24, 2.45) is 7.05 Å². The SMILES string of the molecule is Cn1cc(C(=O)NCCc2nc3ccccc3[nH]2)c2ccccc21. The first kappa shape index (κ1) is 14.5. The van der Waals surface area contributed by atoms with Gasteiger partial charge in [0.1, 0.15) is 5.82 Å². The third-order valence-electron chi connectivity index (χ3n) is 4.23. The van der Waals surface area contributed by atoms with E-state index in [1.165, 1.54) is 0 Å². The van der Waals surface area contributed by atoms with Gasteiger partial charge in [0.15, 0.2) is 0 Å². The molecule has 0 fully saturated rings. The summed E-state index contributed by atoms with van der Waals surface area (Å²) >= 11 is 0. The van der Waals surface area contributed by atoms with Gasteiger partial charge in [-0.1, -0.05) is 30.3 Å². The molecule has 0 aliphatic rings. The van der Waals surface area contributed by atoms with Crippen molar-refractivity contribution < 1.29 is 4.79 Å². The zero-order chi connectivity index (χ0) is 16.5. The van der Waals surface area contributed by atoms with Crippen LogP contribution in [0, 0.1) is 0 Å². The summed E-state index contributed by atoms with van der Waals surface area (Å²) in [4.78, 5) is 20.3. The highest BCUT2D eigenvalue weighted by Crippen LogP contribution is 2.20. The number of amides is 1. The maximum Gasteiger partial charge on any atom is 0.253 e. The number of nitrogens with zero attached hydrogens (tertiary/aromatic N) is 2. The molecule has 1 amide bonds. The molecule has 0 aliphatic carbocycles. The molecule has 0 atom stereocenters. The Kier molecular flexibility index (Phi) is 3.54. The molecular weight excluding hydrogens is 300 g/mol. The predicted octanol–water partition coefficient (Wildman–Crippen LogP) is 3.03. The van der Waals surface area contributed by atoms with Gasteiger partial charge in [0.2, 0.25) is 0 Å². The Morgan fingerprint density at radius 2 is 1.96 bits per heavy atom. The van der Waals surface area contributed by atoms with Gasteiger partial charge in [-0.2, -0.15) is 0 Å². The minimum atomic E-state index is -0.0529. The second-order valence-electron chi connectivity index (χ2n) is 5.88. The minimum absolute atomic E-state index is 0.0529. The van der Waals surface area contributed by atoms with Crippen LogP contribution in [0.5, 0.6) is 0 Å². The number of rotatable bonds is 4. The van der Waals surface area contributed by atoms with Crippen molar-refractivity contribution in [1.82, 2.24) is 19.9 Å². The first-order valence-electron chi connectivity index (χ1n) is 7.98. The van der Waals surface area contributed by atoms with Crippen LogP contribution in [0.2, 0.25) is 0 Å². The molecule has 5 heteroatoms. The van der Waals surface area contributed by atoms with E-state index in [9.17, 15) is 4.79 Å².